The number of hydrogen-bond acceptors (Lipinski definition) is 5. The first kappa shape index (κ1) is 18.9. The number of anilines is 1. The molecule has 2 aromatic rings. The van der Waals surface area contributed by atoms with Crippen molar-refractivity contribution in [2.24, 2.45) is 0 Å². The van der Waals surface area contributed by atoms with Crippen molar-refractivity contribution in [3.05, 3.63) is 40.4 Å². The lowest BCUT2D eigenvalue weighted by atomic mass is 10.2. The molecule has 0 saturated carbocycles. The molecule has 0 spiro atoms. The number of aromatic nitrogens is 1. The van der Waals surface area contributed by atoms with Crippen molar-refractivity contribution in [2.75, 3.05) is 26.0 Å². The van der Waals surface area contributed by atoms with Crippen LogP contribution >= 0.6 is 11.3 Å². The van der Waals surface area contributed by atoms with Gasteiger partial charge in [0.2, 0.25) is 5.91 Å². The van der Waals surface area contributed by atoms with Gasteiger partial charge in [-0.05, 0) is 31.0 Å². The first-order chi connectivity index (χ1) is 11.9. The van der Waals surface area contributed by atoms with E-state index >= 15 is 0 Å². The Morgan fingerprint density at radius 1 is 1.24 bits per heavy atom. The van der Waals surface area contributed by atoms with E-state index in [0.717, 1.165) is 12.2 Å². The van der Waals surface area contributed by atoms with Crippen LogP contribution in [-0.2, 0) is 11.2 Å². The first-order valence-electron chi connectivity index (χ1n) is 8.11. The Kier molecular flexibility index (Phi) is 6.52. The minimum absolute atomic E-state index is 0.116. The lowest BCUT2D eigenvalue weighted by Crippen LogP contribution is -2.21. The van der Waals surface area contributed by atoms with Crippen LogP contribution in [0.25, 0.3) is 0 Å². The fourth-order valence-corrected chi connectivity index (χ4v) is 3.12. The molecule has 0 fully saturated rings. The molecule has 1 heterocycles. The number of amides is 2. The number of aryl methyl sites for hydroxylation is 2. The van der Waals surface area contributed by atoms with Crippen LogP contribution in [-0.4, -0.2) is 42.4 Å². The van der Waals surface area contributed by atoms with Gasteiger partial charge in [0, 0.05) is 14.1 Å². The zero-order valence-electron chi connectivity index (χ0n) is 15.0. The van der Waals surface area contributed by atoms with E-state index in [1.807, 2.05) is 24.3 Å². The highest BCUT2D eigenvalue weighted by Gasteiger charge is 2.17. The van der Waals surface area contributed by atoms with Gasteiger partial charge >= 0.3 is 0 Å². The van der Waals surface area contributed by atoms with Gasteiger partial charge < -0.3 is 15.0 Å². The second kappa shape index (κ2) is 8.62. The second-order valence-electron chi connectivity index (χ2n) is 5.78. The number of rotatable bonds is 7. The van der Waals surface area contributed by atoms with Gasteiger partial charge in [-0.15, -0.1) is 0 Å². The molecular formula is C18H23N3O3S. The lowest BCUT2D eigenvalue weighted by Gasteiger charge is -2.07. The molecular weight excluding hydrogens is 338 g/mol. The molecule has 6 nitrogen and oxygen atoms in total. The van der Waals surface area contributed by atoms with Gasteiger partial charge in [0.05, 0.1) is 18.7 Å². The minimum Gasteiger partial charge on any atom is -0.493 e. The molecule has 0 bridgehead atoms. The summed E-state index contributed by atoms with van der Waals surface area (Å²) in [4.78, 5) is 30.3. The smallest absolute Gasteiger partial charge is 0.265 e. The second-order valence-corrected chi connectivity index (χ2v) is 6.78. The summed E-state index contributed by atoms with van der Waals surface area (Å²) >= 11 is 1.18. The predicted octanol–water partition coefficient (Wildman–Crippen LogP) is 3.12. The topological polar surface area (TPSA) is 71.5 Å². The Morgan fingerprint density at radius 2 is 1.92 bits per heavy atom. The number of nitrogens with one attached hydrogen (secondary N) is 1. The van der Waals surface area contributed by atoms with Crippen molar-refractivity contribution in [1.82, 2.24) is 9.88 Å². The maximum absolute atomic E-state index is 12.0. The van der Waals surface area contributed by atoms with E-state index in [1.54, 1.807) is 21.0 Å². The third-order valence-electron chi connectivity index (χ3n) is 3.57. The summed E-state index contributed by atoms with van der Waals surface area (Å²) in [6.07, 6.45) is 1.19. The number of hydrogen-bond donors (Lipinski definition) is 1. The minimum atomic E-state index is -0.192. The molecule has 0 unspecified atom stereocenters. The largest absolute Gasteiger partial charge is 0.493 e. The zero-order chi connectivity index (χ0) is 18.4. The Labute approximate surface area is 151 Å². The molecule has 2 amide bonds. The van der Waals surface area contributed by atoms with E-state index in [0.29, 0.717) is 15.7 Å². The fourth-order valence-electron chi connectivity index (χ4n) is 2.12. The predicted molar refractivity (Wildman–Crippen MR) is 99.4 cm³/mol. The number of ether oxygens (including phenoxy) is 1. The van der Waals surface area contributed by atoms with Crippen LogP contribution in [0.15, 0.2) is 24.3 Å². The van der Waals surface area contributed by atoms with E-state index < -0.39 is 0 Å². The van der Waals surface area contributed by atoms with Crippen molar-refractivity contribution >= 4 is 28.3 Å². The summed E-state index contributed by atoms with van der Waals surface area (Å²) < 4.78 is 5.57. The third kappa shape index (κ3) is 5.29. The molecule has 1 N–H and O–H groups in total. The lowest BCUT2D eigenvalue weighted by molar-refractivity contribution is -0.116. The summed E-state index contributed by atoms with van der Waals surface area (Å²) in [5.74, 6) is 0.436. The Balaban J connectivity index is 1.84. The van der Waals surface area contributed by atoms with Crippen LogP contribution in [0.2, 0.25) is 0 Å². The SMILES string of the molecule is CCc1ccc(OCCC(=O)Nc2nc(C)c(C(=O)N(C)C)s2)cc1. The number of carbonyl (C=O) groups is 2. The molecule has 0 aliphatic rings. The van der Waals surface area contributed by atoms with Crippen molar-refractivity contribution in [1.29, 1.82) is 0 Å². The number of carbonyl (C=O) groups excluding carboxylic acids is 2. The monoisotopic (exact) mass is 361 g/mol. The van der Waals surface area contributed by atoms with Gasteiger partial charge in [0.1, 0.15) is 10.6 Å². The van der Waals surface area contributed by atoms with Crippen LogP contribution in [0.1, 0.15) is 34.3 Å². The molecule has 0 radical (unpaired) electrons. The highest BCUT2D eigenvalue weighted by Crippen LogP contribution is 2.23. The van der Waals surface area contributed by atoms with Gasteiger partial charge in [-0.1, -0.05) is 30.4 Å². The summed E-state index contributed by atoms with van der Waals surface area (Å²) in [5.41, 5.74) is 1.86. The fraction of sp³-hybridized carbons (Fsp3) is 0.389. The van der Waals surface area contributed by atoms with Crippen LogP contribution in [0.3, 0.4) is 0 Å². The van der Waals surface area contributed by atoms with Crippen molar-refractivity contribution in [2.45, 2.75) is 26.7 Å². The molecule has 0 saturated heterocycles. The summed E-state index contributed by atoms with van der Waals surface area (Å²) in [6, 6.07) is 7.83. The molecule has 7 heteroatoms. The van der Waals surface area contributed by atoms with Crippen LogP contribution in [0.5, 0.6) is 5.75 Å². The molecule has 25 heavy (non-hydrogen) atoms. The Bertz CT molecular complexity index is 739. The molecule has 0 aliphatic carbocycles. The van der Waals surface area contributed by atoms with Crippen molar-refractivity contribution in [3.63, 3.8) is 0 Å². The van der Waals surface area contributed by atoms with Gasteiger partial charge in [-0.3, -0.25) is 9.59 Å². The number of nitrogens with zero attached hydrogens (tertiary/aromatic N) is 2. The van der Waals surface area contributed by atoms with Crippen LogP contribution < -0.4 is 10.1 Å². The quantitative estimate of drug-likeness (QED) is 0.822. The average Bonchev–Trinajstić information content (AvgIpc) is 2.94. The Morgan fingerprint density at radius 3 is 2.52 bits per heavy atom. The molecule has 0 aliphatic heterocycles. The van der Waals surface area contributed by atoms with Gasteiger partial charge in [0.15, 0.2) is 5.13 Å². The molecule has 0 atom stereocenters. The first-order valence-corrected chi connectivity index (χ1v) is 8.93. The summed E-state index contributed by atoms with van der Waals surface area (Å²) in [7, 11) is 3.37. The standard InChI is InChI=1S/C18H23N3O3S/c1-5-13-6-8-14(9-7-13)24-11-10-15(22)20-18-19-12(2)16(25-18)17(23)21(3)4/h6-9H,5,10-11H2,1-4H3,(H,19,20,22). The summed E-state index contributed by atoms with van der Waals surface area (Å²) in [6.45, 7) is 4.13. The van der Waals surface area contributed by atoms with Crippen LogP contribution in [0, 0.1) is 6.92 Å². The molecule has 134 valence electrons. The molecule has 2 rings (SSSR count). The number of benzene rings is 1. The van der Waals surface area contributed by atoms with Crippen LogP contribution in [0.4, 0.5) is 5.13 Å². The number of thiazole rings is 1. The van der Waals surface area contributed by atoms with E-state index in [4.69, 9.17) is 4.74 Å². The van der Waals surface area contributed by atoms with E-state index in [9.17, 15) is 9.59 Å². The third-order valence-corrected chi connectivity index (χ3v) is 4.63. The van der Waals surface area contributed by atoms with E-state index in [1.165, 1.54) is 21.8 Å². The van der Waals surface area contributed by atoms with Crippen molar-refractivity contribution in [3.8, 4) is 5.75 Å². The summed E-state index contributed by atoms with van der Waals surface area (Å²) in [5, 5.41) is 3.15. The van der Waals surface area contributed by atoms with Gasteiger partial charge in [-0.2, -0.15) is 0 Å². The van der Waals surface area contributed by atoms with Gasteiger partial charge in [0.25, 0.3) is 5.91 Å². The highest BCUT2D eigenvalue weighted by atomic mass is 32.1. The maximum atomic E-state index is 12.0. The molecule has 1 aromatic carbocycles. The maximum Gasteiger partial charge on any atom is 0.265 e. The normalized spacial score (nSPS) is 10.4. The molecule has 1 aromatic heterocycles. The van der Waals surface area contributed by atoms with Gasteiger partial charge in [-0.25, -0.2) is 4.98 Å². The zero-order valence-corrected chi connectivity index (χ0v) is 15.8. The van der Waals surface area contributed by atoms with E-state index in [-0.39, 0.29) is 24.8 Å². The van der Waals surface area contributed by atoms with E-state index in [2.05, 4.69) is 17.2 Å². The highest BCUT2D eigenvalue weighted by molar-refractivity contribution is 7.17. The average molecular weight is 361 g/mol. The Hall–Kier alpha value is -2.41. The van der Waals surface area contributed by atoms with Crippen molar-refractivity contribution < 1.29 is 14.3 Å².